The first-order chi connectivity index (χ1) is 10.9. The number of thiocarbonyl (C=S) groups is 1. The fourth-order valence-electron chi connectivity index (χ4n) is 1.73. The Kier molecular flexibility index (Phi) is 5.54. The van der Waals surface area contributed by atoms with E-state index >= 15 is 0 Å². The maximum absolute atomic E-state index is 12.0. The molecule has 0 fully saturated rings. The van der Waals surface area contributed by atoms with Crippen molar-refractivity contribution in [3.05, 3.63) is 63.6 Å². The van der Waals surface area contributed by atoms with Gasteiger partial charge in [0.2, 0.25) is 0 Å². The van der Waals surface area contributed by atoms with Gasteiger partial charge in [0.15, 0.2) is 5.11 Å². The maximum atomic E-state index is 12.0. The van der Waals surface area contributed by atoms with Gasteiger partial charge in [-0.15, -0.1) is 0 Å². The first kappa shape index (κ1) is 17.2. The second kappa shape index (κ2) is 7.41. The molecule has 0 aromatic heterocycles. The molecule has 1 amide bonds. The van der Waals surface area contributed by atoms with E-state index in [2.05, 4.69) is 10.6 Å². The molecule has 118 valence electrons. The molecule has 0 atom stereocenters. The molecular weight excluding hydrogens is 359 g/mol. The summed E-state index contributed by atoms with van der Waals surface area (Å²) in [5.41, 5.74) is 0.608. The van der Waals surface area contributed by atoms with Gasteiger partial charge in [0, 0.05) is 5.56 Å². The van der Waals surface area contributed by atoms with E-state index in [9.17, 15) is 9.59 Å². The van der Waals surface area contributed by atoms with Crippen molar-refractivity contribution in [3.8, 4) is 0 Å². The monoisotopic (exact) mass is 368 g/mol. The lowest BCUT2D eigenvalue weighted by molar-refractivity contribution is 0.0696. The van der Waals surface area contributed by atoms with Crippen molar-refractivity contribution < 1.29 is 14.7 Å². The Labute approximate surface area is 147 Å². The Balaban J connectivity index is 2.12. The molecule has 2 aromatic carbocycles. The molecule has 0 unspecified atom stereocenters. The van der Waals surface area contributed by atoms with Crippen molar-refractivity contribution in [3.63, 3.8) is 0 Å². The summed E-state index contributed by atoms with van der Waals surface area (Å²) in [4.78, 5) is 22.9. The van der Waals surface area contributed by atoms with E-state index in [1.807, 2.05) is 0 Å². The van der Waals surface area contributed by atoms with E-state index in [1.165, 1.54) is 12.1 Å². The van der Waals surface area contributed by atoms with Crippen molar-refractivity contribution in [2.75, 3.05) is 5.32 Å². The van der Waals surface area contributed by atoms with Crippen LogP contribution < -0.4 is 10.6 Å². The van der Waals surface area contributed by atoms with Gasteiger partial charge in [-0.2, -0.15) is 0 Å². The summed E-state index contributed by atoms with van der Waals surface area (Å²) in [6, 6.07) is 11.0. The van der Waals surface area contributed by atoms with Gasteiger partial charge in [-0.1, -0.05) is 41.4 Å². The van der Waals surface area contributed by atoms with Crippen LogP contribution in [0, 0.1) is 0 Å². The van der Waals surface area contributed by atoms with Gasteiger partial charge in [-0.3, -0.25) is 10.1 Å². The number of benzene rings is 2. The Hall–Kier alpha value is -2.15. The van der Waals surface area contributed by atoms with Gasteiger partial charge in [-0.25, -0.2) is 4.79 Å². The number of amides is 1. The molecule has 2 rings (SSSR count). The third-order valence-electron chi connectivity index (χ3n) is 2.79. The predicted molar refractivity (Wildman–Crippen MR) is 93.6 cm³/mol. The molecule has 2 aromatic rings. The SMILES string of the molecule is O=C(O)c1cc(Cl)c(NC(=S)NC(=O)c2ccccc2)c(Cl)c1. The highest BCUT2D eigenvalue weighted by Gasteiger charge is 2.14. The highest BCUT2D eigenvalue weighted by molar-refractivity contribution is 7.80. The maximum Gasteiger partial charge on any atom is 0.335 e. The van der Waals surface area contributed by atoms with E-state index in [-0.39, 0.29) is 26.4 Å². The molecule has 0 saturated carbocycles. The van der Waals surface area contributed by atoms with Crippen LogP contribution in [0.25, 0.3) is 0 Å². The number of anilines is 1. The average Bonchev–Trinajstić information content (AvgIpc) is 2.51. The predicted octanol–water partition coefficient (Wildman–Crippen LogP) is 3.82. The minimum Gasteiger partial charge on any atom is -0.478 e. The number of carbonyl (C=O) groups is 2. The summed E-state index contributed by atoms with van der Waals surface area (Å²) < 4.78 is 0. The number of hydrogen-bond acceptors (Lipinski definition) is 3. The van der Waals surface area contributed by atoms with Crippen LogP contribution in [-0.2, 0) is 0 Å². The van der Waals surface area contributed by atoms with Crippen molar-refractivity contribution in [2.24, 2.45) is 0 Å². The summed E-state index contributed by atoms with van der Waals surface area (Å²) in [5.74, 6) is -1.54. The fourth-order valence-corrected chi connectivity index (χ4v) is 2.50. The smallest absolute Gasteiger partial charge is 0.335 e. The van der Waals surface area contributed by atoms with E-state index in [0.29, 0.717) is 5.56 Å². The number of carbonyl (C=O) groups excluding carboxylic acids is 1. The van der Waals surface area contributed by atoms with E-state index in [0.717, 1.165) is 0 Å². The van der Waals surface area contributed by atoms with Gasteiger partial charge in [-0.05, 0) is 36.5 Å². The third kappa shape index (κ3) is 4.41. The average molecular weight is 369 g/mol. The topological polar surface area (TPSA) is 78.4 Å². The van der Waals surface area contributed by atoms with Gasteiger partial charge in [0.25, 0.3) is 5.91 Å². The number of carboxylic acid groups (broad SMARTS) is 1. The van der Waals surface area contributed by atoms with Crippen molar-refractivity contribution in [1.29, 1.82) is 0 Å². The van der Waals surface area contributed by atoms with E-state index < -0.39 is 11.9 Å². The lowest BCUT2D eigenvalue weighted by atomic mass is 10.2. The quantitative estimate of drug-likeness (QED) is 0.717. The molecule has 0 aliphatic rings. The Morgan fingerprint density at radius 1 is 1.00 bits per heavy atom. The fraction of sp³-hybridized carbons (Fsp3) is 0. The lowest BCUT2D eigenvalue weighted by Crippen LogP contribution is -2.34. The Morgan fingerprint density at radius 2 is 1.57 bits per heavy atom. The summed E-state index contributed by atoms with van der Waals surface area (Å²) >= 11 is 17.0. The van der Waals surface area contributed by atoms with Crippen LogP contribution >= 0.6 is 35.4 Å². The largest absolute Gasteiger partial charge is 0.478 e. The Bertz CT molecular complexity index is 759. The number of nitrogens with one attached hydrogen (secondary N) is 2. The van der Waals surface area contributed by atoms with Crippen LogP contribution in [0.3, 0.4) is 0 Å². The molecule has 0 aliphatic heterocycles. The normalized spacial score (nSPS) is 10.0. The molecule has 23 heavy (non-hydrogen) atoms. The number of halogens is 2. The molecule has 0 bridgehead atoms. The van der Waals surface area contributed by atoms with Crippen LogP contribution in [0.5, 0.6) is 0 Å². The Morgan fingerprint density at radius 3 is 2.09 bits per heavy atom. The van der Waals surface area contributed by atoms with Crippen LogP contribution in [-0.4, -0.2) is 22.1 Å². The molecule has 3 N–H and O–H groups in total. The molecule has 0 radical (unpaired) electrons. The first-order valence-electron chi connectivity index (χ1n) is 6.28. The summed E-state index contributed by atoms with van der Waals surface area (Å²) in [6.45, 7) is 0. The van der Waals surface area contributed by atoms with E-state index in [4.69, 9.17) is 40.5 Å². The second-order valence-corrected chi connectivity index (χ2v) is 5.62. The van der Waals surface area contributed by atoms with Gasteiger partial charge in [0.05, 0.1) is 21.3 Å². The molecule has 0 spiro atoms. The summed E-state index contributed by atoms with van der Waals surface area (Å²) in [5, 5.41) is 14.2. The highest BCUT2D eigenvalue weighted by atomic mass is 35.5. The lowest BCUT2D eigenvalue weighted by Gasteiger charge is -2.13. The molecular formula is C15H10Cl2N2O3S. The van der Waals surface area contributed by atoms with Gasteiger partial charge < -0.3 is 10.4 Å². The minimum absolute atomic E-state index is 0.00859. The minimum atomic E-state index is -1.15. The zero-order valence-electron chi connectivity index (χ0n) is 11.5. The van der Waals surface area contributed by atoms with Crippen molar-refractivity contribution in [2.45, 2.75) is 0 Å². The molecule has 0 saturated heterocycles. The summed E-state index contributed by atoms with van der Waals surface area (Å²) in [7, 11) is 0. The summed E-state index contributed by atoms with van der Waals surface area (Å²) in [6.07, 6.45) is 0. The molecule has 0 aliphatic carbocycles. The number of carboxylic acids is 1. The molecule has 8 heteroatoms. The van der Waals surface area contributed by atoms with Gasteiger partial charge in [0.1, 0.15) is 0 Å². The zero-order valence-corrected chi connectivity index (χ0v) is 13.8. The standard InChI is InChI=1S/C15H10Cl2N2O3S/c16-10-6-9(14(21)22)7-11(17)12(10)18-15(23)19-13(20)8-4-2-1-3-5-8/h1-7H,(H,21,22)(H2,18,19,20,23). The van der Waals surface area contributed by atoms with E-state index in [1.54, 1.807) is 30.3 Å². The molecule has 0 heterocycles. The molecule has 5 nitrogen and oxygen atoms in total. The van der Waals surface area contributed by atoms with Gasteiger partial charge >= 0.3 is 5.97 Å². The van der Waals surface area contributed by atoms with Crippen molar-refractivity contribution >= 4 is 58.1 Å². The number of hydrogen-bond donors (Lipinski definition) is 3. The van der Waals surface area contributed by atoms with Crippen molar-refractivity contribution in [1.82, 2.24) is 5.32 Å². The van der Waals surface area contributed by atoms with Crippen LogP contribution in [0.1, 0.15) is 20.7 Å². The van der Waals surface area contributed by atoms with Crippen LogP contribution in [0.4, 0.5) is 5.69 Å². The highest BCUT2D eigenvalue weighted by Crippen LogP contribution is 2.31. The first-order valence-corrected chi connectivity index (χ1v) is 7.44. The third-order valence-corrected chi connectivity index (χ3v) is 3.59. The van der Waals surface area contributed by atoms with Crippen LogP contribution in [0.2, 0.25) is 10.0 Å². The van der Waals surface area contributed by atoms with Crippen LogP contribution in [0.15, 0.2) is 42.5 Å². The second-order valence-electron chi connectivity index (χ2n) is 4.39. The number of aromatic carboxylic acids is 1. The number of rotatable bonds is 3. The zero-order chi connectivity index (χ0) is 17.0.